The van der Waals surface area contributed by atoms with Gasteiger partial charge in [-0.15, -0.1) is 0 Å². The van der Waals surface area contributed by atoms with Gasteiger partial charge in [0.05, 0.1) is 30.0 Å². The number of aromatic nitrogens is 5. The number of halogens is 1. The summed E-state index contributed by atoms with van der Waals surface area (Å²) in [6.07, 6.45) is 10.7. The highest BCUT2D eigenvalue weighted by molar-refractivity contribution is 5.78. The quantitative estimate of drug-likeness (QED) is 0.456. The molecular weight excluding hydrogens is 455 g/mol. The van der Waals surface area contributed by atoms with E-state index in [1.807, 2.05) is 12.3 Å². The van der Waals surface area contributed by atoms with E-state index >= 15 is 0 Å². The summed E-state index contributed by atoms with van der Waals surface area (Å²) in [7, 11) is 0. The number of hydrogen-bond donors (Lipinski definition) is 1. The van der Waals surface area contributed by atoms with E-state index in [9.17, 15) is 14.8 Å². The van der Waals surface area contributed by atoms with Gasteiger partial charge in [0.2, 0.25) is 0 Å². The van der Waals surface area contributed by atoms with E-state index in [1.165, 1.54) is 17.7 Å². The molecule has 1 fully saturated rings. The molecule has 36 heavy (non-hydrogen) atoms. The average molecular weight is 483 g/mol. The number of nitriles is 1. The van der Waals surface area contributed by atoms with Crippen LogP contribution in [0.2, 0.25) is 0 Å². The van der Waals surface area contributed by atoms with Crippen LogP contribution in [0.5, 0.6) is 0 Å². The van der Waals surface area contributed by atoms with Crippen molar-refractivity contribution in [3.05, 3.63) is 77.9 Å². The maximum absolute atomic E-state index is 13.5. The molecule has 3 aromatic heterocycles. The zero-order chi connectivity index (χ0) is 24.8. The SMILES string of the molecule is N#CC[C@]1(O)CC[C@]2(Cc3ncccn3)c3cc4cnn(-c5ccc(F)cc5)c4nc3CCC[C@@H]2C1. The molecule has 3 heterocycles. The third kappa shape index (κ3) is 3.84. The fourth-order valence-corrected chi connectivity index (χ4v) is 6.39. The second-order valence-corrected chi connectivity index (χ2v) is 10.3. The van der Waals surface area contributed by atoms with Gasteiger partial charge in [-0.25, -0.2) is 24.0 Å². The first-order valence-corrected chi connectivity index (χ1v) is 12.5. The number of hydrogen-bond acceptors (Lipinski definition) is 6. The van der Waals surface area contributed by atoms with E-state index in [-0.39, 0.29) is 23.6 Å². The Bertz CT molecular complexity index is 1450. The predicted octanol–water partition coefficient (Wildman–Crippen LogP) is 4.61. The molecule has 182 valence electrons. The molecule has 4 aromatic rings. The van der Waals surface area contributed by atoms with Crippen LogP contribution in [0, 0.1) is 23.1 Å². The van der Waals surface area contributed by atoms with Gasteiger partial charge in [-0.3, -0.25) is 0 Å². The molecule has 6 rings (SSSR count). The second-order valence-electron chi connectivity index (χ2n) is 10.3. The van der Waals surface area contributed by atoms with Gasteiger partial charge in [-0.05, 0) is 86.4 Å². The Hall–Kier alpha value is -3.70. The molecule has 0 amide bonds. The van der Waals surface area contributed by atoms with Crippen LogP contribution in [0.3, 0.4) is 0 Å². The lowest BCUT2D eigenvalue weighted by Gasteiger charge is -2.49. The highest BCUT2D eigenvalue weighted by Gasteiger charge is 2.51. The van der Waals surface area contributed by atoms with Crippen LogP contribution in [-0.4, -0.2) is 35.4 Å². The third-order valence-electron chi connectivity index (χ3n) is 8.14. The number of nitrogens with zero attached hydrogens (tertiary/aromatic N) is 6. The lowest BCUT2D eigenvalue weighted by atomic mass is 9.56. The summed E-state index contributed by atoms with van der Waals surface area (Å²) in [6.45, 7) is 0. The summed E-state index contributed by atoms with van der Waals surface area (Å²) >= 11 is 0. The van der Waals surface area contributed by atoms with Gasteiger partial charge in [-0.1, -0.05) is 0 Å². The summed E-state index contributed by atoms with van der Waals surface area (Å²) in [5.74, 6) is 0.672. The first-order valence-electron chi connectivity index (χ1n) is 12.5. The van der Waals surface area contributed by atoms with E-state index in [0.717, 1.165) is 53.9 Å². The number of rotatable bonds is 4. The summed E-state index contributed by atoms with van der Waals surface area (Å²) in [5.41, 5.74) is 2.49. The molecule has 0 radical (unpaired) electrons. The van der Waals surface area contributed by atoms with Crippen LogP contribution in [-0.2, 0) is 18.3 Å². The van der Waals surface area contributed by atoms with Crippen molar-refractivity contribution in [3.63, 3.8) is 0 Å². The van der Waals surface area contributed by atoms with Gasteiger partial charge in [0.25, 0.3) is 0 Å². The first-order chi connectivity index (χ1) is 17.5. The van der Waals surface area contributed by atoms with Crippen molar-refractivity contribution in [3.8, 4) is 11.8 Å². The predicted molar refractivity (Wildman–Crippen MR) is 132 cm³/mol. The Morgan fingerprint density at radius 2 is 1.97 bits per heavy atom. The third-order valence-corrected chi connectivity index (χ3v) is 8.14. The summed E-state index contributed by atoms with van der Waals surface area (Å²) < 4.78 is 15.3. The molecule has 1 saturated carbocycles. The summed E-state index contributed by atoms with van der Waals surface area (Å²) in [6, 6.07) is 12.5. The Morgan fingerprint density at radius 3 is 2.75 bits per heavy atom. The molecule has 2 aliphatic rings. The number of benzene rings is 1. The van der Waals surface area contributed by atoms with Crippen molar-refractivity contribution in [2.45, 2.75) is 62.4 Å². The van der Waals surface area contributed by atoms with Crippen LogP contribution in [0.25, 0.3) is 16.7 Å². The molecule has 0 bridgehead atoms. The summed E-state index contributed by atoms with van der Waals surface area (Å²) in [5, 5.41) is 26.1. The Labute approximate surface area is 208 Å². The Balaban J connectivity index is 1.50. The zero-order valence-corrected chi connectivity index (χ0v) is 19.9. The van der Waals surface area contributed by atoms with Gasteiger partial charge in [-0.2, -0.15) is 10.4 Å². The van der Waals surface area contributed by atoms with Gasteiger partial charge in [0.1, 0.15) is 11.6 Å². The molecule has 8 heteroatoms. The molecule has 3 atom stereocenters. The minimum absolute atomic E-state index is 0.149. The Morgan fingerprint density at radius 1 is 1.17 bits per heavy atom. The fraction of sp³-hybridized carbons (Fsp3) is 0.393. The van der Waals surface area contributed by atoms with Crippen molar-refractivity contribution >= 4 is 11.0 Å². The topological polar surface area (TPSA) is 101 Å². The van der Waals surface area contributed by atoms with Crippen LogP contribution >= 0.6 is 0 Å². The number of pyridine rings is 1. The maximum Gasteiger partial charge on any atom is 0.163 e. The molecule has 7 nitrogen and oxygen atoms in total. The lowest BCUT2D eigenvalue weighted by Crippen LogP contribution is -2.49. The molecule has 1 N–H and O–H groups in total. The smallest absolute Gasteiger partial charge is 0.163 e. The molecule has 0 unspecified atom stereocenters. The monoisotopic (exact) mass is 482 g/mol. The minimum Gasteiger partial charge on any atom is -0.389 e. The van der Waals surface area contributed by atoms with Crippen LogP contribution < -0.4 is 0 Å². The molecule has 0 aliphatic heterocycles. The zero-order valence-electron chi connectivity index (χ0n) is 19.9. The highest BCUT2D eigenvalue weighted by atomic mass is 19.1. The number of aryl methyl sites for hydroxylation is 1. The van der Waals surface area contributed by atoms with Crippen molar-refractivity contribution in [2.24, 2.45) is 5.92 Å². The van der Waals surface area contributed by atoms with Gasteiger partial charge >= 0.3 is 0 Å². The fourth-order valence-electron chi connectivity index (χ4n) is 6.39. The van der Waals surface area contributed by atoms with E-state index in [1.54, 1.807) is 29.2 Å². The minimum atomic E-state index is -0.962. The molecule has 0 saturated heterocycles. The molecule has 0 spiro atoms. The van der Waals surface area contributed by atoms with Crippen molar-refractivity contribution in [1.82, 2.24) is 24.7 Å². The maximum atomic E-state index is 13.5. The van der Waals surface area contributed by atoms with E-state index in [2.05, 4.69) is 27.2 Å². The van der Waals surface area contributed by atoms with Crippen molar-refractivity contribution in [2.75, 3.05) is 0 Å². The molecule has 1 aromatic carbocycles. The van der Waals surface area contributed by atoms with Crippen LogP contribution in [0.4, 0.5) is 4.39 Å². The first kappa shape index (κ1) is 22.7. The highest BCUT2D eigenvalue weighted by Crippen LogP contribution is 2.54. The molecular formula is C28H27FN6O. The normalized spacial score (nSPS) is 25.5. The van der Waals surface area contributed by atoms with Gasteiger partial charge in [0, 0.05) is 35.3 Å². The van der Waals surface area contributed by atoms with Gasteiger partial charge in [0.15, 0.2) is 5.65 Å². The standard InChI is InChI=1S/C28H27FN6O/c29-21-5-7-22(8-6-21)35-26-19(18-33-35)15-23-24(34-26)4-1-3-20-16-27(36,11-12-30)9-10-28(20,23)17-25-31-13-2-14-32-25/h2,5-8,13-15,18,20,36H,1,3-4,9-11,16-17H2/t20-,27-,28-/m1/s1. The van der Waals surface area contributed by atoms with E-state index < -0.39 is 5.60 Å². The van der Waals surface area contributed by atoms with Crippen LogP contribution in [0.15, 0.2) is 55.0 Å². The lowest BCUT2D eigenvalue weighted by molar-refractivity contribution is -0.0441. The second kappa shape index (κ2) is 8.75. The van der Waals surface area contributed by atoms with Crippen molar-refractivity contribution in [1.29, 1.82) is 5.26 Å². The van der Waals surface area contributed by atoms with Crippen LogP contribution in [0.1, 0.15) is 55.6 Å². The number of aliphatic hydroxyl groups is 1. The largest absolute Gasteiger partial charge is 0.389 e. The average Bonchev–Trinajstić information content (AvgIpc) is 3.23. The van der Waals surface area contributed by atoms with Gasteiger partial charge < -0.3 is 5.11 Å². The molecule has 2 aliphatic carbocycles. The summed E-state index contributed by atoms with van der Waals surface area (Å²) in [4.78, 5) is 14.2. The van der Waals surface area contributed by atoms with E-state index in [4.69, 9.17) is 4.98 Å². The number of fused-ring (bicyclic) bond motifs is 4. The Kier molecular flexibility index (Phi) is 5.53. The van der Waals surface area contributed by atoms with E-state index in [0.29, 0.717) is 19.3 Å². The van der Waals surface area contributed by atoms with Crippen molar-refractivity contribution < 1.29 is 9.50 Å².